The summed E-state index contributed by atoms with van der Waals surface area (Å²) in [5, 5.41) is 0. The minimum absolute atomic E-state index is 0.0667. The molecule has 1 amide bonds. The van der Waals surface area contributed by atoms with Gasteiger partial charge in [-0.3, -0.25) is 10.2 Å². The molecule has 1 aromatic carbocycles. The number of amides is 1. The van der Waals surface area contributed by atoms with Gasteiger partial charge >= 0.3 is 0 Å². The SMILES string of the molecule is CC1CC(C(=O)N2CCc3ccc(S(=O)(=O)NC4CCC4)cc3C2)NN1. The molecular formula is C18H26N4O3S. The Labute approximate surface area is 154 Å². The minimum Gasteiger partial charge on any atom is -0.337 e. The number of nitrogens with one attached hydrogen (secondary N) is 3. The number of nitrogens with zero attached hydrogens (tertiary/aromatic N) is 1. The molecule has 2 heterocycles. The van der Waals surface area contributed by atoms with Gasteiger partial charge in [-0.1, -0.05) is 12.5 Å². The lowest BCUT2D eigenvalue weighted by Gasteiger charge is -2.31. The van der Waals surface area contributed by atoms with E-state index < -0.39 is 10.0 Å². The van der Waals surface area contributed by atoms with Gasteiger partial charge < -0.3 is 4.90 Å². The van der Waals surface area contributed by atoms with Crippen molar-refractivity contribution >= 4 is 15.9 Å². The Morgan fingerprint density at radius 2 is 2.04 bits per heavy atom. The molecule has 26 heavy (non-hydrogen) atoms. The maximum atomic E-state index is 12.7. The number of hydrogen-bond acceptors (Lipinski definition) is 5. The van der Waals surface area contributed by atoms with Crippen LogP contribution in [-0.4, -0.2) is 43.9 Å². The molecule has 0 spiro atoms. The summed E-state index contributed by atoms with van der Waals surface area (Å²) >= 11 is 0. The zero-order valence-electron chi connectivity index (χ0n) is 15.0. The molecule has 1 aromatic rings. The van der Waals surface area contributed by atoms with Crippen LogP contribution < -0.4 is 15.6 Å². The number of hydrazine groups is 1. The first-order chi connectivity index (χ1) is 12.4. The van der Waals surface area contributed by atoms with Crippen LogP contribution in [0, 0.1) is 0 Å². The van der Waals surface area contributed by atoms with Crippen LogP contribution in [0.15, 0.2) is 23.1 Å². The van der Waals surface area contributed by atoms with Crippen LogP contribution in [-0.2, 0) is 27.8 Å². The molecule has 142 valence electrons. The van der Waals surface area contributed by atoms with E-state index in [9.17, 15) is 13.2 Å². The number of sulfonamides is 1. The Kier molecular flexibility index (Phi) is 4.77. The molecule has 8 heteroatoms. The molecule has 0 bridgehead atoms. The van der Waals surface area contributed by atoms with E-state index in [-0.39, 0.29) is 24.0 Å². The van der Waals surface area contributed by atoms with Crippen molar-refractivity contribution in [1.29, 1.82) is 0 Å². The molecule has 3 aliphatic rings. The zero-order chi connectivity index (χ0) is 18.3. The highest BCUT2D eigenvalue weighted by Gasteiger charge is 2.32. The van der Waals surface area contributed by atoms with Gasteiger partial charge in [-0.05, 0) is 55.9 Å². The Balaban J connectivity index is 1.50. The molecule has 2 fully saturated rings. The largest absolute Gasteiger partial charge is 0.337 e. The van der Waals surface area contributed by atoms with Crippen LogP contribution in [0.5, 0.6) is 0 Å². The highest BCUT2D eigenvalue weighted by Crippen LogP contribution is 2.25. The second-order valence-corrected chi connectivity index (χ2v) is 9.38. The van der Waals surface area contributed by atoms with E-state index in [1.807, 2.05) is 17.9 Å². The van der Waals surface area contributed by atoms with Gasteiger partial charge in [0.05, 0.1) is 4.90 Å². The second kappa shape index (κ2) is 6.92. The van der Waals surface area contributed by atoms with Crippen LogP contribution >= 0.6 is 0 Å². The lowest BCUT2D eigenvalue weighted by atomic mass is 9.94. The summed E-state index contributed by atoms with van der Waals surface area (Å²) in [5.41, 5.74) is 8.19. The van der Waals surface area contributed by atoms with Crippen molar-refractivity contribution in [2.24, 2.45) is 0 Å². The third-order valence-corrected chi connectivity index (χ3v) is 7.15. The van der Waals surface area contributed by atoms with Crippen molar-refractivity contribution in [3.8, 4) is 0 Å². The minimum atomic E-state index is -3.49. The first-order valence-electron chi connectivity index (χ1n) is 9.36. The lowest BCUT2D eigenvalue weighted by molar-refractivity contribution is -0.134. The van der Waals surface area contributed by atoms with Crippen molar-refractivity contribution in [1.82, 2.24) is 20.5 Å². The Morgan fingerprint density at radius 3 is 2.69 bits per heavy atom. The Bertz CT molecular complexity index is 807. The number of hydrogen-bond donors (Lipinski definition) is 3. The Morgan fingerprint density at radius 1 is 1.23 bits per heavy atom. The van der Waals surface area contributed by atoms with E-state index in [0.717, 1.165) is 43.2 Å². The highest BCUT2D eigenvalue weighted by atomic mass is 32.2. The zero-order valence-corrected chi connectivity index (χ0v) is 15.8. The first kappa shape index (κ1) is 17.9. The van der Waals surface area contributed by atoms with E-state index in [0.29, 0.717) is 18.0 Å². The van der Waals surface area contributed by atoms with Gasteiger partial charge in [-0.2, -0.15) is 0 Å². The summed E-state index contributed by atoms with van der Waals surface area (Å²) in [7, 11) is -3.49. The van der Waals surface area contributed by atoms with Crippen molar-refractivity contribution in [3.63, 3.8) is 0 Å². The lowest BCUT2D eigenvalue weighted by Crippen LogP contribution is -2.47. The van der Waals surface area contributed by atoms with E-state index in [4.69, 9.17) is 0 Å². The molecule has 4 rings (SSSR count). The average molecular weight is 378 g/mol. The Hall–Kier alpha value is -1.48. The monoisotopic (exact) mass is 378 g/mol. The van der Waals surface area contributed by atoms with Gasteiger partial charge in [-0.25, -0.2) is 18.6 Å². The molecule has 1 saturated carbocycles. The summed E-state index contributed by atoms with van der Waals surface area (Å²) in [6.07, 6.45) is 4.42. The topological polar surface area (TPSA) is 90.5 Å². The summed E-state index contributed by atoms with van der Waals surface area (Å²) in [4.78, 5) is 14.8. The van der Waals surface area contributed by atoms with Crippen molar-refractivity contribution in [2.75, 3.05) is 6.54 Å². The first-order valence-corrected chi connectivity index (χ1v) is 10.8. The predicted molar refractivity (Wildman–Crippen MR) is 97.7 cm³/mol. The number of carbonyl (C=O) groups is 1. The van der Waals surface area contributed by atoms with E-state index in [1.54, 1.807) is 12.1 Å². The van der Waals surface area contributed by atoms with Crippen LogP contribution in [0.3, 0.4) is 0 Å². The predicted octanol–water partition coefficient (Wildman–Crippen LogP) is 0.657. The average Bonchev–Trinajstić information content (AvgIpc) is 3.03. The molecule has 1 saturated heterocycles. The van der Waals surface area contributed by atoms with Crippen LogP contribution in [0.2, 0.25) is 0 Å². The van der Waals surface area contributed by atoms with Crippen molar-refractivity contribution < 1.29 is 13.2 Å². The van der Waals surface area contributed by atoms with E-state index in [1.165, 1.54) is 0 Å². The van der Waals surface area contributed by atoms with Crippen molar-refractivity contribution in [2.45, 2.75) is 68.6 Å². The fourth-order valence-electron chi connectivity index (χ4n) is 3.80. The highest BCUT2D eigenvalue weighted by molar-refractivity contribution is 7.89. The number of carbonyl (C=O) groups excluding carboxylic acids is 1. The number of benzene rings is 1. The molecule has 0 aromatic heterocycles. The summed E-state index contributed by atoms with van der Waals surface area (Å²) < 4.78 is 27.9. The summed E-state index contributed by atoms with van der Waals surface area (Å²) in [5.74, 6) is 0.0772. The molecule has 3 N–H and O–H groups in total. The molecule has 1 aliphatic carbocycles. The van der Waals surface area contributed by atoms with Gasteiger partial charge in [0.25, 0.3) is 0 Å². The second-order valence-electron chi connectivity index (χ2n) is 7.67. The van der Waals surface area contributed by atoms with Gasteiger partial charge in [-0.15, -0.1) is 0 Å². The quantitative estimate of drug-likeness (QED) is 0.716. The van der Waals surface area contributed by atoms with E-state index >= 15 is 0 Å². The molecule has 2 atom stereocenters. The standard InChI is InChI=1S/C18H26N4O3S/c1-12-9-17(20-19-12)18(23)22-8-7-13-5-6-16(10-14(13)11-22)26(24,25)21-15-3-2-4-15/h5-6,10,12,15,17,19-21H,2-4,7-9,11H2,1H3. The van der Waals surface area contributed by atoms with Crippen LogP contribution in [0.4, 0.5) is 0 Å². The molecular weight excluding hydrogens is 352 g/mol. The fourth-order valence-corrected chi connectivity index (χ4v) is 5.15. The maximum Gasteiger partial charge on any atom is 0.241 e. The molecule has 7 nitrogen and oxygen atoms in total. The maximum absolute atomic E-state index is 12.7. The molecule has 0 radical (unpaired) electrons. The van der Waals surface area contributed by atoms with Gasteiger partial charge in [0.1, 0.15) is 6.04 Å². The van der Waals surface area contributed by atoms with Crippen LogP contribution in [0.1, 0.15) is 43.7 Å². The number of rotatable bonds is 4. The van der Waals surface area contributed by atoms with Gasteiger partial charge in [0, 0.05) is 25.2 Å². The van der Waals surface area contributed by atoms with Crippen molar-refractivity contribution in [3.05, 3.63) is 29.3 Å². The molecule has 2 unspecified atom stereocenters. The number of fused-ring (bicyclic) bond motifs is 1. The summed E-state index contributed by atoms with van der Waals surface area (Å²) in [6, 6.07) is 5.44. The van der Waals surface area contributed by atoms with E-state index in [2.05, 4.69) is 15.6 Å². The fraction of sp³-hybridized carbons (Fsp3) is 0.611. The normalized spacial score (nSPS) is 26.4. The third kappa shape index (κ3) is 3.51. The van der Waals surface area contributed by atoms with Crippen LogP contribution in [0.25, 0.3) is 0 Å². The molecule has 2 aliphatic heterocycles. The van der Waals surface area contributed by atoms with Gasteiger partial charge in [0.2, 0.25) is 15.9 Å². The summed E-state index contributed by atoms with van der Waals surface area (Å²) in [6.45, 7) is 3.18. The van der Waals surface area contributed by atoms with Gasteiger partial charge in [0.15, 0.2) is 0 Å². The third-order valence-electron chi connectivity index (χ3n) is 5.63. The smallest absolute Gasteiger partial charge is 0.241 e.